The molecule has 0 atom stereocenters. The highest BCUT2D eigenvalue weighted by molar-refractivity contribution is 5.93. The minimum absolute atomic E-state index is 0.424. The Hall–Kier alpha value is -2.89. The third-order valence-corrected chi connectivity index (χ3v) is 3.78. The first-order chi connectivity index (χ1) is 10.5. The number of nitrogens with zero attached hydrogens (tertiary/aromatic N) is 4. The minimum Gasteiger partial charge on any atom is -0.366 e. The number of pyridine rings is 1. The van der Waals surface area contributed by atoms with Crippen LogP contribution in [0.5, 0.6) is 0 Å². The zero-order valence-electron chi connectivity index (χ0n) is 12.7. The molecule has 3 rings (SSSR count). The number of fused-ring (bicyclic) bond motifs is 1. The van der Waals surface area contributed by atoms with Gasteiger partial charge in [-0.3, -0.25) is 4.79 Å². The van der Waals surface area contributed by atoms with Crippen molar-refractivity contribution in [2.24, 2.45) is 12.8 Å². The second kappa shape index (κ2) is 5.14. The number of anilines is 2. The summed E-state index contributed by atoms with van der Waals surface area (Å²) in [5.41, 5.74) is 9.63. The van der Waals surface area contributed by atoms with Crippen LogP contribution in [0, 0.1) is 6.92 Å². The fraction of sp³-hybridized carbons (Fsp3) is 0.188. The van der Waals surface area contributed by atoms with Crippen molar-refractivity contribution in [3.8, 4) is 0 Å². The van der Waals surface area contributed by atoms with Crippen LogP contribution in [0.4, 0.5) is 11.5 Å². The summed E-state index contributed by atoms with van der Waals surface area (Å²) in [6.07, 6.45) is 3.53. The highest BCUT2D eigenvalue weighted by atomic mass is 16.1. The predicted molar refractivity (Wildman–Crippen MR) is 86.3 cm³/mol. The standard InChI is InChI=1S/C16H17N5O/c1-10-6-11(16(17)22)4-5-13(10)21(3)15-7-14-12(8-18-15)19-9-20(14)2/h4-9H,1-3H3,(H2,17,22). The van der Waals surface area contributed by atoms with Crippen LogP contribution in [0.2, 0.25) is 0 Å². The second-order valence-corrected chi connectivity index (χ2v) is 5.31. The smallest absolute Gasteiger partial charge is 0.248 e. The van der Waals surface area contributed by atoms with E-state index in [9.17, 15) is 4.79 Å². The lowest BCUT2D eigenvalue weighted by Gasteiger charge is -2.21. The van der Waals surface area contributed by atoms with Gasteiger partial charge in [0.1, 0.15) is 11.3 Å². The summed E-state index contributed by atoms with van der Waals surface area (Å²) in [6.45, 7) is 1.95. The Morgan fingerprint density at radius 1 is 1.27 bits per heavy atom. The number of aryl methyl sites for hydroxylation is 2. The average molecular weight is 295 g/mol. The number of nitrogens with two attached hydrogens (primary N) is 1. The molecule has 2 heterocycles. The van der Waals surface area contributed by atoms with Crippen LogP contribution < -0.4 is 10.6 Å². The Morgan fingerprint density at radius 2 is 2.05 bits per heavy atom. The molecule has 0 aliphatic rings. The van der Waals surface area contributed by atoms with E-state index in [0.29, 0.717) is 5.56 Å². The topological polar surface area (TPSA) is 77.0 Å². The first kappa shape index (κ1) is 14.1. The molecule has 0 bridgehead atoms. The summed E-state index contributed by atoms with van der Waals surface area (Å²) in [5.74, 6) is 0.387. The largest absolute Gasteiger partial charge is 0.366 e. The molecule has 0 saturated heterocycles. The number of imidazole rings is 1. The number of carbonyl (C=O) groups is 1. The molecule has 0 radical (unpaired) electrons. The van der Waals surface area contributed by atoms with E-state index < -0.39 is 5.91 Å². The number of hydrogen-bond donors (Lipinski definition) is 1. The van der Waals surface area contributed by atoms with Crippen molar-refractivity contribution in [2.75, 3.05) is 11.9 Å². The molecule has 0 fully saturated rings. The van der Waals surface area contributed by atoms with Crippen LogP contribution in [0.1, 0.15) is 15.9 Å². The third kappa shape index (κ3) is 2.28. The van der Waals surface area contributed by atoms with Gasteiger partial charge < -0.3 is 15.2 Å². The number of rotatable bonds is 3. The summed E-state index contributed by atoms with van der Waals surface area (Å²) in [7, 11) is 3.89. The molecule has 2 aromatic heterocycles. The van der Waals surface area contributed by atoms with Crippen LogP contribution in [-0.2, 0) is 7.05 Å². The van der Waals surface area contributed by atoms with Gasteiger partial charge in [0.25, 0.3) is 0 Å². The molecule has 6 heteroatoms. The Morgan fingerprint density at radius 3 is 2.73 bits per heavy atom. The lowest BCUT2D eigenvalue weighted by Crippen LogP contribution is -2.15. The minimum atomic E-state index is -0.424. The fourth-order valence-electron chi connectivity index (χ4n) is 2.51. The number of carbonyl (C=O) groups excluding carboxylic acids is 1. The quantitative estimate of drug-likeness (QED) is 0.803. The highest BCUT2D eigenvalue weighted by Gasteiger charge is 2.12. The molecule has 0 spiro atoms. The van der Waals surface area contributed by atoms with Gasteiger partial charge in [0, 0.05) is 31.4 Å². The van der Waals surface area contributed by atoms with E-state index >= 15 is 0 Å². The van der Waals surface area contributed by atoms with Crippen LogP contribution in [-0.4, -0.2) is 27.5 Å². The van der Waals surface area contributed by atoms with Gasteiger partial charge in [0.05, 0.1) is 18.0 Å². The summed E-state index contributed by atoms with van der Waals surface area (Å²) in [4.78, 5) is 21.9. The first-order valence-corrected chi connectivity index (χ1v) is 6.88. The van der Waals surface area contributed by atoms with E-state index in [2.05, 4.69) is 9.97 Å². The Balaban J connectivity index is 2.03. The molecule has 22 heavy (non-hydrogen) atoms. The molecule has 6 nitrogen and oxygen atoms in total. The van der Waals surface area contributed by atoms with Crippen molar-refractivity contribution in [2.45, 2.75) is 6.92 Å². The number of primary amides is 1. The van der Waals surface area contributed by atoms with E-state index in [-0.39, 0.29) is 0 Å². The Labute approximate surface area is 128 Å². The van der Waals surface area contributed by atoms with Gasteiger partial charge in [-0.05, 0) is 30.7 Å². The van der Waals surface area contributed by atoms with Crippen molar-refractivity contribution < 1.29 is 4.79 Å². The molecular formula is C16H17N5O. The van der Waals surface area contributed by atoms with Crippen molar-refractivity contribution in [1.82, 2.24) is 14.5 Å². The van der Waals surface area contributed by atoms with Crippen LogP contribution in [0.3, 0.4) is 0 Å². The van der Waals surface area contributed by atoms with Crippen LogP contribution >= 0.6 is 0 Å². The van der Waals surface area contributed by atoms with E-state index in [4.69, 9.17) is 5.73 Å². The van der Waals surface area contributed by atoms with Crippen molar-refractivity contribution in [3.63, 3.8) is 0 Å². The van der Waals surface area contributed by atoms with Crippen LogP contribution in [0.25, 0.3) is 11.0 Å². The third-order valence-electron chi connectivity index (χ3n) is 3.78. The predicted octanol–water partition coefficient (Wildman–Crippen LogP) is 2.14. The van der Waals surface area contributed by atoms with Gasteiger partial charge in [-0.25, -0.2) is 9.97 Å². The normalized spacial score (nSPS) is 10.9. The van der Waals surface area contributed by atoms with E-state index in [1.165, 1.54) is 0 Å². The molecule has 112 valence electrons. The molecule has 1 aromatic carbocycles. The van der Waals surface area contributed by atoms with Crippen LogP contribution in [0.15, 0.2) is 36.8 Å². The van der Waals surface area contributed by atoms with E-state index in [1.807, 2.05) is 42.6 Å². The summed E-state index contributed by atoms with van der Waals surface area (Å²) in [6, 6.07) is 7.38. The summed E-state index contributed by atoms with van der Waals surface area (Å²) < 4.78 is 1.96. The van der Waals surface area contributed by atoms with Crippen molar-refractivity contribution in [3.05, 3.63) is 47.9 Å². The number of aromatic nitrogens is 3. The maximum atomic E-state index is 11.2. The van der Waals surface area contributed by atoms with Gasteiger partial charge in [-0.15, -0.1) is 0 Å². The fourth-order valence-corrected chi connectivity index (χ4v) is 2.51. The first-order valence-electron chi connectivity index (χ1n) is 6.88. The van der Waals surface area contributed by atoms with Crippen molar-refractivity contribution >= 4 is 28.4 Å². The van der Waals surface area contributed by atoms with E-state index in [0.717, 1.165) is 28.1 Å². The molecule has 0 saturated carbocycles. The van der Waals surface area contributed by atoms with Crippen molar-refractivity contribution in [1.29, 1.82) is 0 Å². The second-order valence-electron chi connectivity index (χ2n) is 5.31. The lowest BCUT2D eigenvalue weighted by molar-refractivity contribution is 0.1000. The lowest BCUT2D eigenvalue weighted by atomic mass is 10.1. The SMILES string of the molecule is Cc1cc(C(N)=O)ccc1N(C)c1cc2c(cn1)ncn2C. The number of benzene rings is 1. The number of amides is 1. The average Bonchev–Trinajstić information content (AvgIpc) is 2.87. The summed E-state index contributed by atoms with van der Waals surface area (Å²) in [5, 5.41) is 0. The van der Waals surface area contributed by atoms with Gasteiger partial charge in [-0.2, -0.15) is 0 Å². The molecule has 1 amide bonds. The maximum absolute atomic E-state index is 11.2. The maximum Gasteiger partial charge on any atom is 0.248 e. The molecule has 0 aliphatic carbocycles. The molecule has 0 aliphatic heterocycles. The highest BCUT2D eigenvalue weighted by Crippen LogP contribution is 2.27. The Bertz CT molecular complexity index is 868. The molecule has 2 N–H and O–H groups in total. The zero-order chi connectivity index (χ0) is 15.9. The van der Waals surface area contributed by atoms with E-state index in [1.54, 1.807) is 24.7 Å². The molecular weight excluding hydrogens is 278 g/mol. The zero-order valence-corrected chi connectivity index (χ0v) is 12.7. The van der Waals surface area contributed by atoms with Gasteiger partial charge in [0.2, 0.25) is 5.91 Å². The van der Waals surface area contributed by atoms with Gasteiger partial charge >= 0.3 is 0 Å². The van der Waals surface area contributed by atoms with Gasteiger partial charge in [0.15, 0.2) is 0 Å². The van der Waals surface area contributed by atoms with Gasteiger partial charge in [-0.1, -0.05) is 0 Å². The summed E-state index contributed by atoms with van der Waals surface area (Å²) >= 11 is 0. The number of hydrogen-bond acceptors (Lipinski definition) is 4. The monoisotopic (exact) mass is 295 g/mol. The Kier molecular flexibility index (Phi) is 3.29. The molecule has 3 aromatic rings. The molecule has 0 unspecified atom stereocenters.